The Morgan fingerprint density at radius 2 is 1.54 bits per heavy atom. The van der Waals surface area contributed by atoms with Crippen LogP contribution in [0.5, 0.6) is 0 Å². The van der Waals surface area contributed by atoms with Crippen LogP contribution in [0.2, 0.25) is 0 Å². The molecule has 0 radical (unpaired) electrons. The van der Waals surface area contributed by atoms with Gasteiger partial charge in [-0.1, -0.05) is 34.6 Å². The summed E-state index contributed by atoms with van der Waals surface area (Å²) >= 11 is 0. The van der Waals surface area contributed by atoms with Crippen LogP contribution in [0.25, 0.3) is 0 Å². The summed E-state index contributed by atoms with van der Waals surface area (Å²) in [6, 6.07) is 0. The highest BCUT2D eigenvalue weighted by Gasteiger charge is 2.51. The first-order valence-corrected chi connectivity index (χ1v) is 5.73. The first-order valence-electron chi connectivity index (χ1n) is 5.73. The Balaban J connectivity index is 0.000000396. The molecule has 1 spiro atoms. The molecule has 78 valence electrons. The Hall–Kier alpha value is -0.0400. The largest absolute Gasteiger partial charge is 0.316 e. The highest BCUT2D eigenvalue weighted by atomic mass is 15.0. The molecule has 1 nitrogen and oxygen atoms in total. The lowest BCUT2D eigenvalue weighted by Gasteiger charge is -2.58. The van der Waals surface area contributed by atoms with Crippen LogP contribution >= 0.6 is 0 Å². The van der Waals surface area contributed by atoms with Crippen molar-refractivity contribution in [2.24, 2.45) is 16.7 Å². The molecule has 0 aromatic rings. The summed E-state index contributed by atoms with van der Waals surface area (Å²) in [5, 5.41) is 3.38. The zero-order valence-electron chi connectivity index (χ0n) is 9.91. The van der Waals surface area contributed by atoms with Gasteiger partial charge in [-0.25, -0.2) is 0 Å². The van der Waals surface area contributed by atoms with Gasteiger partial charge >= 0.3 is 0 Å². The number of hydrogen-bond donors (Lipinski definition) is 1. The monoisotopic (exact) mass is 183 g/mol. The molecule has 0 aromatic carbocycles. The van der Waals surface area contributed by atoms with Gasteiger partial charge in [0.15, 0.2) is 0 Å². The van der Waals surface area contributed by atoms with Crippen molar-refractivity contribution < 1.29 is 0 Å². The Bertz CT molecular complexity index is 154. The van der Waals surface area contributed by atoms with E-state index in [-0.39, 0.29) is 0 Å². The van der Waals surface area contributed by atoms with E-state index in [1.807, 2.05) is 13.8 Å². The minimum absolute atomic E-state index is 0.556. The van der Waals surface area contributed by atoms with Crippen molar-refractivity contribution in [1.29, 1.82) is 0 Å². The maximum atomic E-state index is 3.38. The van der Waals surface area contributed by atoms with E-state index in [1.165, 1.54) is 25.9 Å². The molecule has 0 unspecified atom stereocenters. The molecule has 1 aliphatic heterocycles. The number of hydrogen-bond acceptors (Lipinski definition) is 1. The highest BCUT2D eigenvalue weighted by Crippen LogP contribution is 2.54. The van der Waals surface area contributed by atoms with Crippen molar-refractivity contribution in [3.63, 3.8) is 0 Å². The first kappa shape index (κ1) is 11.0. The van der Waals surface area contributed by atoms with E-state index >= 15 is 0 Å². The van der Waals surface area contributed by atoms with E-state index in [1.54, 1.807) is 0 Å². The Kier molecular flexibility index (Phi) is 3.06. The normalized spacial score (nSPS) is 25.6. The standard InChI is InChI=1S/C10H19N.C2H6/c1-9(2,3)8-4-10(5-8)6-11-7-10;1-2/h8,11H,4-7H2,1-3H3;1-2H3. The van der Waals surface area contributed by atoms with Crippen molar-refractivity contribution in [3.8, 4) is 0 Å². The fourth-order valence-electron chi connectivity index (χ4n) is 2.37. The Morgan fingerprint density at radius 1 is 1.08 bits per heavy atom. The summed E-state index contributed by atoms with van der Waals surface area (Å²) in [4.78, 5) is 0. The van der Waals surface area contributed by atoms with Crippen molar-refractivity contribution >= 4 is 0 Å². The number of nitrogens with one attached hydrogen (secondary N) is 1. The molecular weight excluding hydrogens is 158 g/mol. The van der Waals surface area contributed by atoms with Gasteiger partial charge in [0.05, 0.1) is 0 Å². The van der Waals surface area contributed by atoms with Crippen LogP contribution in [-0.4, -0.2) is 13.1 Å². The second-order valence-electron chi connectivity index (χ2n) is 5.57. The third kappa shape index (κ3) is 2.07. The van der Waals surface area contributed by atoms with Crippen LogP contribution in [-0.2, 0) is 0 Å². The molecule has 1 saturated heterocycles. The van der Waals surface area contributed by atoms with E-state index in [9.17, 15) is 0 Å². The lowest BCUT2D eigenvalue weighted by Crippen LogP contribution is -2.61. The maximum Gasteiger partial charge on any atom is 0.00204 e. The van der Waals surface area contributed by atoms with E-state index in [0.29, 0.717) is 5.41 Å². The quantitative estimate of drug-likeness (QED) is 0.608. The smallest absolute Gasteiger partial charge is 0.00204 e. The number of rotatable bonds is 0. The van der Waals surface area contributed by atoms with Crippen LogP contribution in [0, 0.1) is 16.7 Å². The second kappa shape index (κ2) is 3.61. The average Bonchev–Trinajstić information content (AvgIpc) is 1.82. The van der Waals surface area contributed by atoms with Crippen LogP contribution in [0.15, 0.2) is 0 Å². The molecular formula is C12H25N. The van der Waals surface area contributed by atoms with E-state index in [2.05, 4.69) is 26.1 Å². The van der Waals surface area contributed by atoms with Crippen molar-refractivity contribution in [2.45, 2.75) is 47.5 Å². The van der Waals surface area contributed by atoms with E-state index < -0.39 is 0 Å². The van der Waals surface area contributed by atoms with Gasteiger partial charge in [-0.05, 0) is 29.6 Å². The van der Waals surface area contributed by atoms with Crippen molar-refractivity contribution in [2.75, 3.05) is 13.1 Å². The van der Waals surface area contributed by atoms with Gasteiger partial charge in [0.25, 0.3) is 0 Å². The molecule has 1 heteroatoms. The minimum atomic E-state index is 0.556. The molecule has 0 bridgehead atoms. The summed E-state index contributed by atoms with van der Waals surface area (Å²) in [7, 11) is 0. The zero-order valence-corrected chi connectivity index (χ0v) is 9.91. The van der Waals surface area contributed by atoms with Crippen molar-refractivity contribution in [3.05, 3.63) is 0 Å². The predicted octanol–water partition coefficient (Wildman–Crippen LogP) is 3.06. The first-order chi connectivity index (χ1) is 6.02. The van der Waals surface area contributed by atoms with Gasteiger partial charge in [-0.3, -0.25) is 0 Å². The summed E-state index contributed by atoms with van der Waals surface area (Å²) in [5.74, 6) is 0.990. The Labute approximate surface area is 83.3 Å². The summed E-state index contributed by atoms with van der Waals surface area (Å²) in [6.45, 7) is 13.7. The molecule has 1 heterocycles. The molecule has 1 saturated carbocycles. The summed E-state index contributed by atoms with van der Waals surface area (Å²) in [6.07, 6.45) is 2.95. The van der Waals surface area contributed by atoms with Crippen LogP contribution in [0.4, 0.5) is 0 Å². The molecule has 2 rings (SSSR count). The zero-order chi connectivity index (χ0) is 10.1. The van der Waals surface area contributed by atoms with Gasteiger partial charge < -0.3 is 5.32 Å². The van der Waals surface area contributed by atoms with Gasteiger partial charge in [0.2, 0.25) is 0 Å². The maximum absolute atomic E-state index is 3.38. The average molecular weight is 183 g/mol. The SMILES string of the molecule is CC.CC(C)(C)C1CC2(CNC2)C1. The molecule has 1 N–H and O–H groups in total. The summed E-state index contributed by atoms with van der Waals surface area (Å²) in [5.41, 5.74) is 1.32. The fraction of sp³-hybridized carbons (Fsp3) is 1.00. The van der Waals surface area contributed by atoms with Crippen LogP contribution in [0.3, 0.4) is 0 Å². The van der Waals surface area contributed by atoms with Gasteiger partial charge in [0, 0.05) is 13.1 Å². The lowest BCUT2D eigenvalue weighted by molar-refractivity contribution is -0.0503. The fourth-order valence-corrected chi connectivity index (χ4v) is 2.37. The van der Waals surface area contributed by atoms with Crippen LogP contribution in [0.1, 0.15) is 47.5 Å². The van der Waals surface area contributed by atoms with E-state index in [4.69, 9.17) is 0 Å². The molecule has 0 amide bonds. The molecule has 2 fully saturated rings. The topological polar surface area (TPSA) is 12.0 Å². The molecule has 2 aliphatic rings. The molecule has 1 aliphatic carbocycles. The third-order valence-corrected chi connectivity index (χ3v) is 3.58. The second-order valence-corrected chi connectivity index (χ2v) is 5.57. The van der Waals surface area contributed by atoms with Gasteiger partial charge in [-0.2, -0.15) is 0 Å². The lowest BCUT2D eigenvalue weighted by atomic mass is 9.52. The Morgan fingerprint density at radius 3 is 1.77 bits per heavy atom. The minimum Gasteiger partial charge on any atom is -0.316 e. The van der Waals surface area contributed by atoms with Gasteiger partial charge in [-0.15, -0.1) is 0 Å². The molecule has 13 heavy (non-hydrogen) atoms. The van der Waals surface area contributed by atoms with Gasteiger partial charge in [0.1, 0.15) is 0 Å². The molecule has 0 atom stereocenters. The molecule has 0 aromatic heterocycles. The van der Waals surface area contributed by atoms with E-state index in [0.717, 1.165) is 11.3 Å². The summed E-state index contributed by atoms with van der Waals surface area (Å²) < 4.78 is 0. The highest BCUT2D eigenvalue weighted by molar-refractivity contribution is 5.04. The predicted molar refractivity (Wildman–Crippen MR) is 58.8 cm³/mol. The van der Waals surface area contributed by atoms with Crippen molar-refractivity contribution in [1.82, 2.24) is 5.32 Å². The van der Waals surface area contributed by atoms with Crippen LogP contribution < -0.4 is 5.32 Å². The third-order valence-electron chi connectivity index (χ3n) is 3.58.